The molecule has 2 fully saturated rings. The quantitative estimate of drug-likeness (QED) is 0.190. The third-order valence-corrected chi connectivity index (χ3v) is 9.81. The maximum Gasteiger partial charge on any atom is 0.280 e. The number of benzene rings is 1. The smallest absolute Gasteiger partial charge is 0.280 e. The molecule has 13 heteroatoms. The number of methoxy groups -OCH3 is 1. The lowest BCUT2D eigenvalue weighted by atomic mass is 10.1. The van der Waals surface area contributed by atoms with Crippen molar-refractivity contribution in [1.82, 2.24) is 15.3 Å². The lowest BCUT2D eigenvalue weighted by Gasteiger charge is -2.12. The first-order valence-electron chi connectivity index (χ1n) is 12.8. The van der Waals surface area contributed by atoms with Gasteiger partial charge in [0, 0.05) is 31.7 Å². The van der Waals surface area contributed by atoms with Gasteiger partial charge in [0.25, 0.3) is 5.91 Å². The van der Waals surface area contributed by atoms with Crippen LogP contribution in [0.15, 0.2) is 46.4 Å². The Bertz CT molecular complexity index is 1450. The topological polar surface area (TPSA) is 141 Å². The summed E-state index contributed by atoms with van der Waals surface area (Å²) in [5, 5.41) is 10.1. The van der Waals surface area contributed by atoms with Crippen LogP contribution in [0.1, 0.15) is 37.7 Å². The number of sulfone groups is 1. The van der Waals surface area contributed by atoms with Crippen LogP contribution in [0, 0.1) is 0 Å². The summed E-state index contributed by atoms with van der Waals surface area (Å²) in [6, 6.07) is 9.71. The zero-order valence-corrected chi connectivity index (χ0v) is 23.4. The number of nitrogens with one attached hydrogen (secondary N) is 2. The van der Waals surface area contributed by atoms with E-state index in [1.165, 1.54) is 23.5 Å². The number of carbonyl (C=O) groups excluding carboxylic acids is 1. The van der Waals surface area contributed by atoms with Gasteiger partial charge in [0.15, 0.2) is 20.7 Å². The van der Waals surface area contributed by atoms with Crippen LogP contribution in [0.2, 0.25) is 0 Å². The number of ether oxygens (including phenoxy) is 2. The Morgan fingerprint density at radius 2 is 1.85 bits per heavy atom. The Balaban J connectivity index is 1.36. The molecule has 5 rings (SSSR count). The van der Waals surface area contributed by atoms with Crippen molar-refractivity contribution in [3.63, 3.8) is 0 Å². The molecule has 2 saturated carbocycles. The van der Waals surface area contributed by atoms with Gasteiger partial charge >= 0.3 is 0 Å². The van der Waals surface area contributed by atoms with Crippen LogP contribution in [-0.4, -0.2) is 74.8 Å². The molecule has 2 atom stereocenters. The van der Waals surface area contributed by atoms with Gasteiger partial charge in [-0.05, 0) is 50.9 Å². The lowest BCUT2D eigenvalue weighted by molar-refractivity contribution is -0.110. The first-order valence-corrected chi connectivity index (χ1v) is 15.2. The minimum atomic E-state index is -3.35. The third-order valence-electron chi connectivity index (χ3n) is 6.65. The molecule has 208 valence electrons. The summed E-state index contributed by atoms with van der Waals surface area (Å²) in [4.78, 5) is 28.9. The second-order valence-electron chi connectivity index (χ2n) is 9.51. The molecule has 2 heterocycles. The Hall–Kier alpha value is -3.13. The van der Waals surface area contributed by atoms with Crippen molar-refractivity contribution in [3.05, 3.63) is 42.0 Å². The number of amides is 1. The van der Waals surface area contributed by atoms with E-state index in [9.17, 15) is 13.2 Å². The average molecular weight is 574 g/mol. The summed E-state index contributed by atoms with van der Waals surface area (Å²) >= 11 is 1.21. The summed E-state index contributed by atoms with van der Waals surface area (Å²) in [5.74, 6) is -0.0549. The van der Waals surface area contributed by atoms with Crippen molar-refractivity contribution in [2.24, 2.45) is 5.16 Å². The Morgan fingerprint density at radius 3 is 2.54 bits per heavy atom. The van der Waals surface area contributed by atoms with Crippen molar-refractivity contribution in [1.29, 1.82) is 0 Å². The number of hydrogen-bond acceptors (Lipinski definition) is 11. The molecule has 2 N–H and O–H groups in total. The highest BCUT2D eigenvalue weighted by Gasteiger charge is 2.37. The standard InChI is InChI=1S/C26H31N5O6S2/c1-27-13-14-36-22-12-11-21-25(29-22)38-26(28-21)30-24(32)23(31-37-18-6-5-17(15-18)35-2)16-3-7-19(8-4-16)39(33,34)20-9-10-20/h3-4,7-8,11-12,17-18,20,27H,5-6,9-10,13-15H2,1-2H3,(H,28,30,32)/b31-23+/t17-,18-/m1/s1. The highest BCUT2D eigenvalue weighted by molar-refractivity contribution is 7.92. The zero-order chi connectivity index (χ0) is 27.4. The normalized spacial score (nSPS) is 19.8. The van der Waals surface area contributed by atoms with Gasteiger partial charge in [0.2, 0.25) is 5.88 Å². The van der Waals surface area contributed by atoms with Gasteiger partial charge < -0.3 is 19.6 Å². The summed E-state index contributed by atoms with van der Waals surface area (Å²) in [6.45, 7) is 1.17. The van der Waals surface area contributed by atoms with E-state index in [1.807, 2.05) is 7.05 Å². The molecule has 0 radical (unpaired) electrons. The molecular formula is C26H31N5O6S2. The largest absolute Gasteiger partial charge is 0.476 e. The molecule has 1 aromatic carbocycles. The fraction of sp³-hybridized carbons (Fsp3) is 0.462. The molecule has 0 unspecified atom stereocenters. The number of likely N-dealkylation sites (N-methyl/N-ethyl adjacent to an activating group) is 1. The second kappa shape index (κ2) is 11.9. The fourth-order valence-electron chi connectivity index (χ4n) is 4.28. The highest BCUT2D eigenvalue weighted by Crippen LogP contribution is 2.33. The monoisotopic (exact) mass is 573 g/mol. The van der Waals surface area contributed by atoms with E-state index in [1.54, 1.807) is 31.4 Å². The number of thiazole rings is 1. The van der Waals surface area contributed by atoms with E-state index in [-0.39, 0.29) is 28.1 Å². The molecule has 0 saturated heterocycles. The maximum absolute atomic E-state index is 13.4. The first kappa shape index (κ1) is 27.4. The van der Waals surface area contributed by atoms with E-state index >= 15 is 0 Å². The maximum atomic E-state index is 13.4. The van der Waals surface area contributed by atoms with Gasteiger partial charge in [0.05, 0.1) is 16.2 Å². The number of hydrogen-bond donors (Lipinski definition) is 2. The number of rotatable bonds is 12. The molecule has 39 heavy (non-hydrogen) atoms. The molecule has 2 aliphatic carbocycles. The number of aromatic nitrogens is 2. The molecular weight excluding hydrogens is 542 g/mol. The Labute approximate surface area is 230 Å². The zero-order valence-electron chi connectivity index (χ0n) is 21.8. The van der Waals surface area contributed by atoms with Gasteiger partial charge in [0.1, 0.15) is 23.1 Å². The third kappa shape index (κ3) is 6.55. The van der Waals surface area contributed by atoms with Gasteiger partial charge in [-0.15, -0.1) is 0 Å². The molecule has 0 bridgehead atoms. The summed E-state index contributed by atoms with van der Waals surface area (Å²) < 4.78 is 36.3. The minimum Gasteiger partial charge on any atom is -0.476 e. The Kier molecular flexibility index (Phi) is 8.40. The lowest BCUT2D eigenvalue weighted by Crippen LogP contribution is -2.25. The van der Waals surface area contributed by atoms with E-state index in [0.29, 0.717) is 59.3 Å². The van der Waals surface area contributed by atoms with Crippen molar-refractivity contribution in [2.45, 2.75) is 54.5 Å². The number of anilines is 1. The van der Waals surface area contributed by atoms with Crippen molar-refractivity contribution in [3.8, 4) is 5.88 Å². The summed E-state index contributed by atoms with van der Waals surface area (Å²) in [6.07, 6.45) is 3.56. The molecule has 3 aromatic rings. The SMILES string of the molecule is CNCCOc1ccc2nc(NC(=O)/C(=N/O[C@@H]3CC[C@@H](OC)C3)c3ccc(S(=O)(=O)C4CC4)cc3)sc2n1. The molecule has 11 nitrogen and oxygen atoms in total. The number of pyridine rings is 1. The number of nitrogens with zero attached hydrogens (tertiary/aromatic N) is 3. The molecule has 2 aliphatic rings. The predicted molar refractivity (Wildman–Crippen MR) is 148 cm³/mol. The molecule has 0 aliphatic heterocycles. The Morgan fingerprint density at radius 1 is 1.08 bits per heavy atom. The fourth-order valence-corrected chi connectivity index (χ4v) is 6.77. The van der Waals surface area contributed by atoms with Gasteiger partial charge in [-0.3, -0.25) is 10.1 Å². The summed E-state index contributed by atoms with van der Waals surface area (Å²) in [5.41, 5.74) is 1.08. The van der Waals surface area contributed by atoms with Crippen LogP contribution >= 0.6 is 11.3 Å². The van der Waals surface area contributed by atoms with Gasteiger partial charge in [-0.1, -0.05) is 28.6 Å². The van der Waals surface area contributed by atoms with Crippen LogP contribution < -0.4 is 15.4 Å². The number of oxime groups is 1. The van der Waals surface area contributed by atoms with Crippen molar-refractivity contribution in [2.75, 3.05) is 32.6 Å². The van der Waals surface area contributed by atoms with Crippen LogP contribution in [0.5, 0.6) is 5.88 Å². The molecule has 1 amide bonds. The van der Waals surface area contributed by atoms with E-state index in [0.717, 1.165) is 12.8 Å². The number of fused-ring (bicyclic) bond motifs is 1. The van der Waals surface area contributed by atoms with Gasteiger partial charge in [-0.2, -0.15) is 0 Å². The average Bonchev–Trinajstić information content (AvgIpc) is 3.58. The van der Waals surface area contributed by atoms with E-state index in [4.69, 9.17) is 14.3 Å². The van der Waals surface area contributed by atoms with Crippen molar-refractivity contribution < 1.29 is 27.5 Å². The molecule has 0 spiro atoms. The van der Waals surface area contributed by atoms with Crippen LogP contribution in [0.3, 0.4) is 0 Å². The second-order valence-corrected chi connectivity index (χ2v) is 12.7. The minimum absolute atomic E-state index is 0.0227. The van der Waals surface area contributed by atoms with Crippen molar-refractivity contribution >= 4 is 48.3 Å². The molecule has 2 aromatic heterocycles. The first-order chi connectivity index (χ1) is 18.9. The van der Waals surface area contributed by atoms with Crippen LogP contribution in [-0.2, 0) is 24.2 Å². The predicted octanol–water partition coefficient (Wildman–Crippen LogP) is 3.15. The van der Waals surface area contributed by atoms with E-state index in [2.05, 4.69) is 25.8 Å². The van der Waals surface area contributed by atoms with Crippen LogP contribution in [0.4, 0.5) is 5.13 Å². The highest BCUT2D eigenvalue weighted by atomic mass is 32.2. The van der Waals surface area contributed by atoms with Crippen LogP contribution in [0.25, 0.3) is 10.3 Å². The van der Waals surface area contributed by atoms with Gasteiger partial charge in [-0.25, -0.2) is 18.4 Å². The van der Waals surface area contributed by atoms with E-state index < -0.39 is 15.7 Å². The summed E-state index contributed by atoms with van der Waals surface area (Å²) in [7, 11) is 0.154. The number of carbonyl (C=O) groups is 1.